The van der Waals surface area contributed by atoms with Crippen LogP contribution in [0.15, 0.2) is 30.5 Å². The number of halogens is 1. The average molecular weight is 290 g/mol. The quantitative estimate of drug-likeness (QED) is 0.938. The smallest absolute Gasteiger partial charge is 0.132 e. The minimum atomic E-state index is -0.245. The van der Waals surface area contributed by atoms with E-state index in [4.69, 9.17) is 4.74 Å². The zero-order valence-electron chi connectivity index (χ0n) is 12.0. The largest absolute Gasteiger partial charge is 0.394 e. The second kappa shape index (κ2) is 6.05. The second-order valence-electron chi connectivity index (χ2n) is 5.52. The predicted molar refractivity (Wildman–Crippen MR) is 78.4 cm³/mol. The number of hydrogen-bond donors (Lipinski definition) is 1. The second-order valence-corrected chi connectivity index (χ2v) is 5.52. The molecule has 2 aromatic rings. The number of fused-ring (bicyclic) bond motifs is 1. The molecule has 1 N–H and O–H groups in total. The normalized spacial score (nSPS) is 23.6. The van der Waals surface area contributed by atoms with E-state index >= 15 is 0 Å². The van der Waals surface area contributed by atoms with Gasteiger partial charge in [-0.3, -0.25) is 9.88 Å². The summed E-state index contributed by atoms with van der Waals surface area (Å²) in [6.07, 6.45) is 1.53. The van der Waals surface area contributed by atoms with Gasteiger partial charge in [0, 0.05) is 30.7 Å². The summed E-state index contributed by atoms with van der Waals surface area (Å²) in [5.74, 6) is -0.245. The third-order valence-electron chi connectivity index (χ3n) is 4.01. The van der Waals surface area contributed by atoms with E-state index in [9.17, 15) is 9.50 Å². The molecular formula is C16H19FN2O2. The Balaban J connectivity index is 1.89. The third kappa shape index (κ3) is 2.90. The Labute approximate surface area is 123 Å². The lowest BCUT2D eigenvalue weighted by Gasteiger charge is -2.37. The van der Waals surface area contributed by atoms with Crippen molar-refractivity contribution in [2.75, 3.05) is 19.8 Å². The third-order valence-corrected chi connectivity index (χ3v) is 4.01. The fourth-order valence-corrected chi connectivity index (χ4v) is 2.75. The van der Waals surface area contributed by atoms with Crippen molar-refractivity contribution >= 4 is 10.9 Å². The van der Waals surface area contributed by atoms with E-state index in [1.165, 1.54) is 6.07 Å². The van der Waals surface area contributed by atoms with Crippen molar-refractivity contribution in [3.63, 3.8) is 0 Å². The molecule has 0 radical (unpaired) electrons. The summed E-state index contributed by atoms with van der Waals surface area (Å²) in [6, 6.07) is 7.04. The molecule has 2 atom stereocenters. The number of benzene rings is 1. The molecule has 2 heterocycles. The highest BCUT2D eigenvalue weighted by Crippen LogP contribution is 2.23. The first-order valence-electron chi connectivity index (χ1n) is 7.17. The van der Waals surface area contributed by atoms with Crippen molar-refractivity contribution in [3.05, 3.63) is 41.8 Å². The highest BCUT2D eigenvalue weighted by atomic mass is 19.1. The lowest BCUT2D eigenvalue weighted by Crippen LogP contribution is -2.48. The van der Waals surface area contributed by atoms with Crippen LogP contribution in [-0.2, 0) is 11.3 Å². The number of nitrogens with zero attached hydrogens (tertiary/aromatic N) is 2. The number of pyridine rings is 1. The number of ether oxygens (including phenoxy) is 1. The Morgan fingerprint density at radius 3 is 3.10 bits per heavy atom. The molecule has 0 aliphatic carbocycles. The highest BCUT2D eigenvalue weighted by Gasteiger charge is 2.26. The molecule has 1 aliphatic heterocycles. The zero-order chi connectivity index (χ0) is 14.8. The van der Waals surface area contributed by atoms with E-state index in [0.717, 1.165) is 5.56 Å². The van der Waals surface area contributed by atoms with Gasteiger partial charge >= 0.3 is 0 Å². The summed E-state index contributed by atoms with van der Waals surface area (Å²) in [5.41, 5.74) is 1.70. The molecule has 1 aromatic carbocycles. The van der Waals surface area contributed by atoms with Crippen LogP contribution in [0.1, 0.15) is 12.5 Å². The fraction of sp³-hybridized carbons (Fsp3) is 0.438. The van der Waals surface area contributed by atoms with Gasteiger partial charge in [0.1, 0.15) is 5.82 Å². The first-order chi connectivity index (χ1) is 10.2. The Kier molecular flexibility index (Phi) is 4.14. The molecular weight excluding hydrogens is 271 g/mol. The zero-order valence-corrected chi connectivity index (χ0v) is 12.0. The van der Waals surface area contributed by atoms with E-state index in [-0.39, 0.29) is 24.6 Å². The minimum absolute atomic E-state index is 0.0195. The average Bonchev–Trinajstić information content (AvgIpc) is 2.52. The van der Waals surface area contributed by atoms with E-state index < -0.39 is 0 Å². The minimum Gasteiger partial charge on any atom is -0.394 e. The molecule has 0 amide bonds. The van der Waals surface area contributed by atoms with Gasteiger partial charge in [0.2, 0.25) is 0 Å². The summed E-state index contributed by atoms with van der Waals surface area (Å²) in [6.45, 7) is 4.05. The topological polar surface area (TPSA) is 45.6 Å². The first kappa shape index (κ1) is 14.4. The van der Waals surface area contributed by atoms with Crippen LogP contribution < -0.4 is 0 Å². The molecule has 5 heteroatoms. The van der Waals surface area contributed by atoms with Gasteiger partial charge in [-0.25, -0.2) is 4.39 Å². The lowest BCUT2D eigenvalue weighted by atomic mass is 10.1. The van der Waals surface area contributed by atoms with Crippen LogP contribution in [0.5, 0.6) is 0 Å². The Morgan fingerprint density at radius 2 is 2.29 bits per heavy atom. The highest BCUT2D eigenvalue weighted by molar-refractivity contribution is 5.82. The van der Waals surface area contributed by atoms with Crippen molar-refractivity contribution in [1.82, 2.24) is 9.88 Å². The standard InChI is InChI=1S/C16H19FN2O2/c1-11-10-21-13(9-20)8-19(11)7-12-4-5-15(17)14-3-2-6-18-16(12)14/h2-6,11,13,20H,7-10H2,1H3. The van der Waals surface area contributed by atoms with Gasteiger partial charge in [0.25, 0.3) is 0 Å². The predicted octanol–water partition coefficient (Wildman–Crippen LogP) is 1.96. The summed E-state index contributed by atoms with van der Waals surface area (Å²) in [4.78, 5) is 6.57. The number of aromatic nitrogens is 1. The van der Waals surface area contributed by atoms with Crippen LogP contribution >= 0.6 is 0 Å². The van der Waals surface area contributed by atoms with Gasteiger partial charge in [-0.15, -0.1) is 0 Å². The van der Waals surface area contributed by atoms with Crippen LogP contribution in [0.3, 0.4) is 0 Å². The number of aliphatic hydroxyl groups excluding tert-OH is 1. The monoisotopic (exact) mass is 290 g/mol. The van der Waals surface area contributed by atoms with Crippen LogP contribution in [0.25, 0.3) is 10.9 Å². The molecule has 0 bridgehead atoms. The van der Waals surface area contributed by atoms with Crippen molar-refractivity contribution in [2.24, 2.45) is 0 Å². The number of morpholine rings is 1. The molecule has 1 aliphatic rings. The van der Waals surface area contributed by atoms with Crippen LogP contribution in [-0.4, -0.2) is 46.9 Å². The molecule has 1 saturated heterocycles. The summed E-state index contributed by atoms with van der Waals surface area (Å²) in [5, 5.41) is 9.81. The van der Waals surface area contributed by atoms with Gasteiger partial charge in [-0.1, -0.05) is 6.07 Å². The van der Waals surface area contributed by atoms with Crippen LogP contribution in [0.4, 0.5) is 4.39 Å². The van der Waals surface area contributed by atoms with Crippen LogP contribution in [0.2, 0.25) is 0 Å². The van der Waals surface area contributed by atoms with E-state index in [1.54, 1.807) is 24.4 Å². The summed E-state index contributed by atoms with van der Waals surface area (Å²) in [7, 11) is 0. The lowest BCUT2D eigenvalue weighted by molar-refractivity contribution is -0.0804. The first-order valence-corrected chi connectivity index (χ1v) is 7.17. The van der Waals surface area contributed by atoms with E-state index in [1.807, 2.05) is 0 Å². The molecule has 112 valence electrons. The maximum atomic E-state index is 13.8. The molecule has 0 spiro atoms. The van der Waals surface area contributed by atoms with Crippen molar-refractivity contribution < 1.29 is 14.2 Å². The molecule has 0 saturated carbocycles. The van der Waals surface area contributed by atoms with Gasteiger partial charge < -0.3 is 9.84 Å². The van der Waals surface area contributed by atoms with E-state index in [2.05, 4.69) is 16.8 Å². The van der Waals surface area contributed by atoms with E-state index in [0.29, 0.717) is 30.6 Å². The molecule has 21 heavy (non-hydrogen) atoms. The number of hydrogen-bond acceptors (Lipinski definition) is 4. The van der Waals surface area contributed by atoms with Gasteiger partial charge in [-0.2, -0.15) is 0 Å². The Bertz CT molecular complexity index is 635. The molecule has 1 fully saturated rings. The fourth-order valence-electron chi connectivity index (χ4n) is 2.75. The molecule has 4 nitrogen and oxygen atoms in total. The van der Waals surface area contributed by atoms with Crippen molar-refractivity contribution in [1.29, 1.82) is 0 Å². The SMILES string of the molecule is CC1COC(CO)CN1Cc1ccc(F)c2cccnc12. The number of aliphatic hydroxyl groups is 1. The number of rotatable bonds is 3. The maximum absolute atomic E-state index is 13.8. The molecule has 2 unspecified atom stereocenters. The van der Waals surface area contributed by atoms with Gasteiger partial charge in [0.15, 0.2) is 0 Å². The Hall–Kier alpha value is -1.56. The molecule has 1 aromatic heterocycles. The summed E-state index contributed by atoms with van der Waals surface area (Å²) < 4.78 is 19.4. The van der Waals surface area contributed by atoms with Gasteiger partial charge in [-0.05, 0) is 30.7 Å². The van der Waals surface area contributed by atoms with Crippen molar-refractivity contribution in [3.8, 4) is 0 Å². The van der Waals surface area contributed by atoms with Gasteiger partial charge in [0.05, 0.1) is 24.8 Å². The molecule has 3 rings (SSSR count). The van der Waals surface area contributed by atoms with Crippen molar-refractivity contribution in [2.45, 2.75) is 25.6 Å². The Morgan fingerprint density at radius 1 is 1.43 bits per heavy atom. The van der Waals surface area contributed by atoms with Crippen LogP contribution in [0, 0.1) is 5.82 Å². The summed E-state index contributed by atoms with van der Waals surface area (Å²) >= 11 is 0. The maximum Gasteiger partial charge on any atom is 0.132 e.